The van der Waals surface area contributed by atoms with E-state index < -0.39 is 33.9 Å². The van der Waals surface area contributed by atoms with Crippen molar-refractivity contribution in [1.82, 2.24) is 39.0 Å². The van der Waals surface area contributed by atoms with Crippen molar-refractivity contribution in [1.29, 1.82) is 0 Å². The molecular formula is C58H58F6N10O6S. The van der Waals surface area contributed by atoms with Crippen LogP contribution in [0.1, 0.15) is 97.6 Å². The van der Waals surface area contributed by atoms with Crippen LogP contribution >= 0.6 is 0 Å². The summed E-state index contributed by atoms with van der Waals surface area (Å²) in [7, 11) is -3.67. The van der Waals surface area contributed by atoms with Gasteiger partial charge < -0.3 is 14.2 Å². The Morgan fingerprint density at radius 1 is 0.580 bits per heavy atom. The topological polar surface area (TPSA) is 202 Å². The first kappa shape index (κ1) is 59.0. The first-order valence-electron chi connectivity index (χ1n) is 25.8. The molecule has 0 fully saturated rings. The molecule has 2 amide bonds. The van der Waals surface area contributed by atoms with Crippen molar-refractivity contribution in [2.24, 2.45) is 0 Å². The summed E-state index contributed by atoms with van der Waals surface area (Å²) in [4.78, 5) is 55.3. The molecule has 8 aromatic rings. The molecule has 0 atom stereocenters. The second kappa shape index (κ2) is 24.3. The number of benzene rings is 4. The number of hydrogen-bond acceptors (Lipinski definition) is 11. The van der Waals surface area contributed by atoms with Crippen LogP contribution in [0.4, 0.5) is 38.0 Å². The van der Waals surface area contributed by atoms with E-state index in [1.54, 1.807) is 58.6 Å². The normalized spacial score (nSPS) is 13.3. The van der Waals surface area contributed by atoms with Crippen molar-refractivity contribution >= 4 is 33.6 Å². The third-order valence-corrected chi connectivity index (χ3v) is 13.2. The highest BCUT2D eigenvalue weighted by Crippen LogP contribution is 2.37. The van der Waals surface area contributed by atoms with Crippen molar-refractivity contribution in [2.45, 2.75) is 104 Å². The number of aliphatic hydroxyl groups is 1. The largest absolute Gasteiger partial charge is 0.434 e. The highest BCUT2D eigenvalue weighted by Gasteiger charge is 2.37. The molecule has 4 aromatic heterocycles. The van der Waals surface area contributed by atoms with E-state index in [0.717, 1.165) is 56.9 Å². The molecule has 0 spiro atoms. The average molecular weight is 1140 g/mol. The lowest BCUT2D eigenvalue weighted by Crippen LogP contribution is -2.26. The van der Waals surface area contributed by atoms with Gasteiger partial charge in [0, 0.05) is 71.3 Å². The number of aryl methyl sites for hydroxylation is 1. The van der Waals surface area contributed by atoms with Crippen LogP contribution in [0.25, 0.3) is 45.6 Å². The number of rotatable bonds is 14. The molecule has 16 nitrogen and oxygen atoms in total. The molecule has 81 heavy (non-hydrogen) atoms. The molecule has 0 bridgehead atoms. The average Bonchev–Trinajstić information content (AvgIpc) is 4.20. The standard InChI is InChI=1S/C29H28F3N5O.C28H26F3N5O2.CH4O3S/c1-4-13-36-17-24(29(30,31)32)34-27(36)20-11-9-19(10-12-20)16-37-25(38)14-21-15-33-26(35-28(21)37)23-8-6-5-7-22(23)18(2)3;1-17(2)21-5-3-4-6-22(21)25-32-14-20-13-24(38)36(27(20)34-25)15-18-7-9-19(10-8-18)26-33-23(28(29,30)31)16-35(26)11-12-37;1-5(2,3)4/h5-12,15,17-18H,4,13-14,16H2,1-3H3;3-10,14,16-17,37H,11-13,15H2,1-2H3;1H3,(H,2,3,4). The highest BCUT2D eigenvalue weighted by atomic mass is 32.2. The number of hydrogen-bond donors (Lipinski definition) is 2. The summed E-state index contributed by atoms with van der Waals surface area (Å²) in [6.07, 6.45) is -1.88. The second-order valence-electron chi connectivity index (χ2n) is 20.0. The molecular weight excluding hydrogens is 1080 g/mol. The summed E-state index contributed by atoms with van der Waals surface area (Å²) >= 11 is 0. The number of carbonyl (C=O) groups is 2. The molecule has 0 unspecified atom stereocenters. The summed E-state index contributed by atoms with van der Waals surface area (Å²) in [5.41, 5.74) is 6.40. The van der Waals surface area contributed by atoms with E-state index in [2.05, 4.69) is 53.7 Å². The Hall–Kier alpha value is -8.15. The molecule has 4 aromatic carbocycles. The zero-order valence-corrected chi connectivity index (χ0v) is 45.9. The van der Waals surface area contributed by atoms with Gasteiger partial charge in [-0.15, -0.1) is 0 Å². The lowest BCUT2D eigenvalue weighted by molar-refractivity contribution is -0.141. The molecule has 0 saturated carbocycles. The first-order chi connectivity index (χ1) is 38.3. The fourth-order valence-electron chi connectivity index (χ4n) is 9.40. The fraction of sp³-hybridized carbons (Fsp3) is 0.310. The summed E-state index contributed by atoms with van der Waals surface area (Å²) in [5.74, 6) is 3.08. The van der Waals surface area contributed by atoms with E-state index in [0.29, 0.717) is 66.1 Å². The molecule has 424 valence electrons. The Morgan fingerprint density at radius 3 is 1.30 bits per heavy atom. The molecule has 0 saturated heterocycles. The number of nitrogens with zero attached hydrogens (tertiary/aromatic N) is 10. The zero-order valence-electron chi connectivity index (χ0n) is 45.0. The maximum atomic E-state index is 13.3. The van der Waals surface area contributed by atoms with E-state index in [4.69, 9.17) is 14.5 Å². The van der Waals surface area contributed by atoms with Crippen molar-refractivity contribution in [3.8, 4) is 45.6 Å². The van der Waals surface area contributed by atoms with Crippen LogP contribution < -0.4 is 9.80 Å². The predicted molar refractivity (Wildman–Crippen MR) is 293 cm³/mol. The quantitative estimate of drug-likeness (QED) is 0.0771. The second-order valence-corrected chi connectivity index (χ2v) is 21.5. The third-order valence-electron chi connectivity index (χ3n) is 13.2. The van der Waals surface area contributed by atoms with Crippen LogP contribution in [0.15, 0.2) is 122 Å². The number of aliphatic hydroxyl groups excluding tert-OH is 1. The molecule has 2 N–H and O–H groups in total. The van der Waals surface area contributed by atoms with Gasteiger partial charge in [-0.05, 0) is 40.5 Å². The van der Waals surface area contributed by atoms with Gasteiger partial charge in [-0.3, -0.25) is 23.9 Å². The van der Waals surface area contributed by atoms with Gasteiger partial charge in [0.05, 0.1) is 38.8 Å². The monoisotopic (exact) mass is 1140 g/mol. The Morgan fingerprint density at radius 2 is 0.951 bits per heavy atom. The Kier molecular flexibility index (Phi) is 17.7. The van der Waals surface area contributed by atoms with Crippen LogP contribution in [0, 0.1) is 0 Å². The number of halogens is 6. The van der Waals surface area contributed by atoms with Crippen molar-refractivity contribution in [3.63, 3.8) is 0 Å². The number of anilines is 2. The highest BCUT2D eigenvalue weighted by molar-refractivity contribution is 7.85. The lowest BCUT2D eigenvalue weighted by atomic mass is 9.97. The molecule has 10 rings (SSSR count). The predicted octanol–water partition coefficient (Wildman–Crippen LogP) is 11.4. The minimum absolute atomic E-state index is 0.0127. The maximum absolute atomic E-state index is 13.3. The van der Waals surface area contributed by atoms with E-state index in [9.17, 15) is 49.5 Å². The summed E-state index contributed by atoms with van der Waals surface area (Å²) in [6.45, 7) is 11.0. The zero-order chi connectivity index (χ0) is 58.6. The van der Waals surface area contributed by atoms with Gasteiger partial charge in [-0.2, -0.15) is 34.8 Å². The number of aromatic nitrogens is 8. The van der Waals surface area contributed by atoms with Crippen LogP contribution in [-0.2, 0) is 71.1 Å². The van der Waals surface area contributed by atoms with E-state index in [-0.39, 0.29) is 61.9 Å². The smallest absolute Gasteiger partial charge is 0.395 e. The van der Waals surface area contributed by atoms with Gasteiger partial charge in [-0.25, -0.2) is 29.9 Å². The molecule has 0 aliphatic carbocycles. The van der Waals surface area contributed by atoms with Gasteiger partial charge in [0.1, 0.15) is 23.3 Å². The van der Waals surface area contributed by atoms with Crippen LogP contribution in [0.5, 0.6) is 0 Å². The fourth-order valence-corrected chi connectivity index (χ4v) is 9.40. The Balaban J connectivity index is 0.000000196. The Bertz CT molecular complexity index is 3440. The molecule has 6 heterocycles. The number of fused-ring (bicyclic) bond motifs is 2. The minimum Gasteiger partial charge on any atom is -0.395 e. The Labute approximate surface area is 464 Å². The van der Waals surface area contributed by atoms with Crippen molar-refractivity contribution in [3.05, 3.63) is 167 Å². The number of alkyl halides is 6. The minimum atomic E-state index is -4.59. The van der Waals surface area contributed by atoms with Crippen LogP contribution in [0.3, 0.4) is 0 Å². The number of amides is 2. The summed E-state index contributed by atoms with van der Waals surface area (Å²) in [6, 6.07) is 29.9. The summed E-state index contributed by atoms with van der Waals surface area (Å²) < 4.78 is 108. The molecule has 23 heteroatoms. The van der Waals surface area contributed by atoms with Gasteiger partial charge in [0.2, 0.25) is 11.8 Å². The lowest BCUT2D eigenvalue weighted by Gasteiger charge is -2.18. The van der Waals surface area contributed by atoms with Crippen LogP contribution in [-0.4, -0.2) is 81.8 Å². The van der Waals surface area contributed by atoms with E-state index in [1.165, 1.54) is 9.13 Å². The van der Waals surface area contributed by atoms with Crippen LogP contribution in [0.2, 0.25) is 0 Å². The third kappa shape index (κ3) is 14.1. The number of imidazole rings is 2. The van der Waals surface area contributed by atoms with Crippen molar-refractivity contribution in [2.75, 3.05) is 22.7 Å². The first-order valence-corrected chi connectivity index (χ1v) is 27.7. The van der Waals surface area contributed by atoms with Gasteiger partial charge in [0.15, 0.2) is 23.0 Å². The van der Waals surface area contributed by atoms with Gasteiger partial charge in [-0.1, -0.05) is 132 Å². The van der Waals surface area contributed by atoms with Crippen molar-refractivity contribution < 1.29 is 54.0 Å². The SMILES string of the molecule is CC(C)c1ccccc1-c1ncc2c(n1)N(Cc1ccc(-c3nc(C(F)(F)F)cn3CCO)cc1)C(=O)C2.CCCn1cc(C(F)(F)F)nc1-c1ccc(CN2C(=O)Cc3cnc(-c4ccccc4C(C)C)nc32)cc1.CS(=O)(=O)O. The molecule has 2 aliphatic heterocycles. The molecule has 0 radical (unpaired) electrons. The maximum Gasteiger partial charge on any atom is 0.434 e. The van der Waals surface area contributed by atoms with E-state index >= 15 is 0 Å². The van der Waals surface area contributed by atoms with E-state index in [1.807, 2.05) is 61.5 Å². The van der Waals surface area contributed by atoms with Gasteiger partial charge in [0.25, 0.3) is 10.1 Å². The summed E-state index contributed by atoms with van der Waals surface area (Å²) in [5, 5.41) is 9.27. The van der Waals surface area contributed by atoms with Gasteiger partial charge >= 0.3 is 12.4 Å². The molecule has 2 aliphatic rings. The number of carbonyl (C=O) groups excluding carboxylic acids is 2.